The Hall–Kier alpha value is -3.60. The number of nitrogens with zero attached hydrogens (tertiary/aromatic N) is 3. The first kappa shape index (κ1) is 24.1. The maximum absolute atomic E-state index is 12.9. The lowest BCUT2D eigenvalue weighted by molar-refractivity contribution is -0.192. The van der Waals surface area contributed by atoms with Crippen LogP contribution < -0.4 is 0 Å². The first-order valence-electron chi connectivity index (χ1n) is 9.94. The van der Waals surface area contributed by atoms with Gasteiger partial charge in [0.1, 0.15) is 0 Å². The molecule has 2 aromatic heterocycles. The van der Waals surface area contributed by atoms with Gasteiger partial charge in [0, 0.05) is 20.0 Å². The van der Waals surface area contributed by atoms with E-state index in [1.165, 1.54) is 6.26 Å². The highest BCUT2D eigenvalue weighted by molar-refractivity contribution is 5.92. The molecule has 4 rings (SSSR count). The van der Waals surface area contributed by atoms with Crippen molar-refractivity contribution in [2.75, 3.05) is 13.2 Å². The van der Waals surface area contributed by atoms with E-state index in [4.69, 9.17) is 19.1 Å². The van der Waals surface area contributed by atoms with Gasteiger partial charge in [0.15, 0.2) is 5.76 Å². The fraction of sp³-hybridized carbons (Fsp3) is 0.318. The van der Waals surface area contributed by atoms with Crippen molar-refractivity contribution < 1.29 is 37.0 Å². The van der Waals surface area contributed by atoms with Gasteiger partial charge >= 0.3 is 12.1 Å². The molecular weight excluding hydrogens is 443 g/mol. The van der Waals surface area contributed by atoms with Gasteiger partial charge in [-0.05, 0) is 17.7 Å². The van der Waals surface area contributed by atoms with Gasteiger partial charge in [-0.15, -0.1) is 0 Å². The molecule has 11 heteroatoms. The number of carbonyl (C=O) groups is 2. The number of aliphatic carboxylic acids is 1. The van der Waals surface area contributed by atoms with Gasteiger partial charge in [0.05, 0.1) is 43.2 Å². The first-order valence-corrected chi connectivity index (χ1v) is 9.94. The number of amides is 1. The molecule has 1 unspecified atom stereocenters. The van der Waals surface area contributed by atoms with E-state index in [2.05, 4.69) is 4.98 Å². The van der Waals surface area contributed by atoms with Crippen LogP contribution >= 0.6 is 0 Å². The third kappa shape index (κ3) is 6.01. The topological polar surface area (TPSA) is 97.8 Å². The Morgan fingerprint density at radius 2 is 1.91 bits per heavy atom. The molecule has 0 saturated heterocycles. The van der Waals surface area contributed by atoms with Gasteiger partial charge < -0.3 is 23.7 Å². The van der Waals surface area contributed by atoms with Gasteiger partial charge in [0.2, 0.25) is 0 Å². The summed E-state index contributed by atoms with van der Waals surface area (Å²) in [6, 6.07) is 13.3. The smallest absolute Gasteiger partial charge is 0.475 e. The van der Waals surface area contributed by atoms with E-state index in [1.807, 2.05) is 46.8 Å². The van der Waals surface area contributed by atoms with Crippen LogP contribution in [0.25, 0.3) is 0 Å². The van der Waals surface area contributed by atoms with E-state index in [9.17, 15) is 18.0 Å². The van der Waals surface area contributed by atoms with Crippen molar-refractivity contribution in [1.29, 1.82) is 0 Å². The summed E-state index contributed by atoms with van der Waals surface area (Å²) in [4.78, 5) is 28.1. The number of alkyl halides is 3. The molecular formula is C22H22F3N3O5. The summed E-state index contributed by atoms with van der Waals surface area (Å²) >= 11 is 0. The summed E-state index contributed by atoms with van der Waals surface area (Å²) < 4.78 is 45.0. The summed E-state index contributed by atoms with van der Waals surface area (Å²) in [6.07, 6.45) is -1.03. The van der Waals surface area contributed by atoms with Gasteiger partial charge in [-0.2, -0.15) is 13.2 Å². The molecule has 1 N–H and O–H groups in total. The van der Waals surface area contributed by atoms with Crippen LogP contribution in [0.4, 0.5) is 13.2 Å². The van der Waals surface area contributed by atoms with Crippen LogP contribution in [0.5, 0.6) is 0 Å². The van der Waals surface area contributed by atoms with Crippen LogP contribution in [0.2, 0.25) is 0 Å². The molecule has 0 saturated carbocycles. The Bertz CT molecular complexity index is 1060. The van der Waals surface area contributed by atoms with Crippen molar-refractivity contribution in [2.24, 2.45) is 7.05 Å². The van der Waals surface area contributed by atoms with Crippen molar-refractivity contribution in [3.8, 4) is 0 Å². The van der Waals surface area contributed by atoms with Crippen molar-refractivity contribution >= 4 is 11.9 Å². The molecule has 0 aliphatic carbocycles. The molecule has 176 valence electrons. The summed E-state index contributed by atoms with van der Waals surface area (Å²) in [5, 5.41) is 7.12. The van der Waals surface area contributed by atoms with E-state index in [0.717, 1.165) is 23.4 Å². The molecule has 0 fully saturated rings. The number of fused-ring (bicyclic) bond motifs is 1. The van der Waals surface area contributed by atoms with Crippen LogP contribution in [-0.4, -0.2) is 50.8 Å². The lowest BCUT2D eigenvalue weighted by atomic mass is 10.0. The predicted octanol–water partition coefficient (Wildman–Crippen LogP) is 3.60. The zero-order chi connectivity index (χ0) is 24.0. The predicted molar refractivity (Wildman–Crippen MR) is 109 cm³/mol. The molecule has 33 heavy (non-hydrogen) atoms. The van der Waals surface area contributed by atoms with Crippen LogP contribution in [0.3, 0.4) is 0 Å². The highest BCUT2D eigenvalue weighted by Crippen LogP contribution is 2.30. The molecule has 0 bridgehead atoms. The summed E-state index contributed by atoms with van der Waals surface area (Å²) in [7, 11) is 1.96. The number of carbonyl (C=O) groups excluding carboxylic acids is 1. The average Bonchev–Trinajstić information content (AvgIpc) is 3.44. The van der Waals surface area contributed by atoms with Gasteiger partial charge in [-0.25, -0.2) is 9.78 Å². The number of carboxylic acids is 1. The first-order chi connectivity index (χ1) is 15.7. The second-order valence-corrected chi connectivity index (χ2v) is 7.23. The molecule has 1 amide bonds. The Morgan fingerprint density at radius 1 is 1.21 bits per heavy atom. The van der Waals surface area contributed by atoms with Crippen LogP contribution in [-0.2, 0) is 29.6 Å². The van der Waals surface area contributed by atoms with Crippen LogP contribution in [0.1, 0.15) is 33.5 Å². The van der Waals surface area contributed by atoms with E-state index >= 15 is 0 Å². The SMILES string of the molecule is Cn1cnc2c1C(COCc1ccccc1)N(C(=O)c1ccco1)CC2.O=C(O)C(F)(F)F. The molecule has 1 aliphatic heterocycles. The number of imidazole rings is 1. The summed E-state index contributed by atoms with van der Waals surface area (Å²) in [5.41, 5.74) is 3.17. The number of ether oxygens (including phenoxy) is 1. The Balaban J connectivity index is 0.000000383. The Morgan fingerprint density at radius 3 is 2.52 bits per heavy atom. The van der Waals surface area contributed by atoms with Gasteiger partial charge in [-0.1, -0.05) is 30.3 Å². The maximum atomic E-state index is 12.9. The monoisotopic (exact) mass is 465 g/mol. The van der Waals surface area contributed by atoms with Crippen molar-refractivity contribution in [2.45, 2.75) is 25.2 Å². The fourth-order valence-electron chi connectivity index (χ4n) is 3.45. The van der Waals surface area contributed by atoms with Crippen molar-refractivity contribution in [1.82, 2.24) is 14.5 Å². The van der Waals surface area contributed by atoms with E-state index in [0.29, 0.717) is 25.5 Å². The summed E-state index contributed by atoms with van der Waals surface area (Å²) in [5.74, 6) is -2.52. The minimum Gasteiger partial charge on any atom is -0.475 e. The fourth-order valence-corrected chi connectivity index (χ4v) is 3.45. The van der Waals surface area contributed by atoms with Crippen molar-refractivity contribution in [3.05, 3.63) is 77.8 Å². The molecule has 1 aliphatic rings. The van der Waals surface area contributed by atoms with Crippen LogP contribution in [0.15, 0.2) is 59.5 Å². The average molecular weight is 465 g/mol. The Kier molecular flexibility index (Phi) is 7.54. The molecule has 0 spiro atoms. The number of halogens is 3. The lowest BCUT2D eigenvalue weighted by Gasteiger charge is -2.35. The third-order valence-electron chi connectivity index (χ3n) is 4.97. The van der Waals surface area contributed by atoms with Gasteiger partial charge in [-0.3, -0.25) is 4.79 Å². The normalized spacial score (nSPS) is 15.4. The molecule has 0 radical (unpaired) electrons. The maximum Gasteiger partial charge on any atom is 0.490 e. The number of hydrogen-bond acceptors (Lipinski definition) is 5. The number of rotatable bonds is 5. The number of aromatic nitrogens is 2. The standard InChI is InChI=1S/C20H21N3O3.C2HF3O2/c1-22-14-21-16-9-10-23(20(24)18-8-5-11-26-18)17(19(16)22)13-25-12-15-6-3-2-4-7-15;3-2(4,5)1(6)7/h2-8,11,14,17H,9-10,12-13H2,1H3;(H,6,7). The van der Waals surface area contributed by atoms with E-state index in [-0.39, 0.29) is 11.9 Å². The van der Waals surface area contributed by atoms with Gasteiger partial charge in [0.25, 0.3) is 5.91 Å². The quantitative estimate of drug-likeness (QED) is 0.618. The number of furan rings is 1. The van der Waals surface area contributed by atoms with E-state index < -0.39 is 12.1 Å². The Labute approximate surface area is 187 Å². The zero-order valence-corrected chi connectivity index (χ0v) is 17.7. The second-order valence-electron chi connectivity index (χ2n) is 7.23. The second kappa shape index (κ2) is 10.3. The van der Waals surface area contributed by atoms with Crippen molar-refractivity contribution in [3.63, 3.8) is 0 Å². The number of aryl methyl sites for hydroxylation is 1. The number of hydrogen-bond donors (Lipinski definition) is 1. The highest BCUT2D eigenvalue weighted by Gasteiger charge is 2.38. The largest absolute Gasteiger partial charge is 0.490 e. The highest BCUT2D eigenvalue weighted by atomic mass is 19.4. The minimum atomic E-state index is -5.08. The molecule has 1 atom stereocenters. The molecule has 8 nitrogen and oxygen atoms in total. The van der Waals surface area contributed by atoms with Crippen LogP contribution in [0, 0.1) is 0 Å². The molecule has 3 aromatic rings. The number of benzene rings is 1. The number of carboxylic acid groups (broad SMARTS) is 1. The zero-order valence-electron chi connectivity index (χ0n) is 17.7. The van der Waals surface area contributed by atoms with E-state index in [1.54, 1.807) is 18.5 Å². The third-order valence-corrected chi connectivity index (χ3v) is 4.97. The lowest BCUT2D eigenvalue weighted by Crippen LogP contribution is -2.42. The molecule has 1 aromatic carbocycles. The molecule has 3 heterocycles. The minimum absolute atomic E-state index is 0.116. The summed E-state index contributed by atoms with van der Waals surface area (Å²) in [6.45, 7) is 1.52.